The predicted molar refractivity (Wildman–Crippen MR) is 78.2 cm³/mol. The van der Waals surface area contributed by atoms with Crippen LogP contribution in [0, 0.1) is 11.8 Å². The van der Waals surface area contributed by atoms with Crippen LogP contribution in [0.15, 0.2) is 0 Å². The van der Waals surface area contributed by atoms with Crippen LogP contribution in [0.4, 0.5) is 0 Å². The number of piperidine rings is 1. The normalized spacial score (nSPS) is 20.5. The van der Waals surface area contributed by atoms with E-state index in [0.717, 1.165) is 19.5 Å². The predicted octanol–water partition coefficient (Wildman–Crippen LogP) is 1.47. The molecule has 0 bridgehead atoms. The Balaban J connectivity index is 2.34. The Bertz CT molecular complexity index is 312. The molecule has 0 aliphatic carbocycles. The molecule has 116 valence electrons. The van der Waals surface area contributed by atoms with Crippen LogP contribution in [0.25, 0.3) is 0 Å². The van der Waals surface area contributed by atoms with Crippen molar-refractivity contribution < 1.29 is 14.3 Å². The molecule has 1 rings (SSSR count). The lowest BCUT2D eigenvalue weighted by molar-refractivity contribution is -0.145. The van der Waals surface area contributed by atoms with Crippen LogP contribution in [0.2, 0.25) is 0 Å². The third-order valence-electron chi connectivity index (χ3n) is 3.71. The van der Waals surface area contributed by atoms with Crippen LogP contribution >= 0.6 is 0 Å². The van der Waals surface area contributed by atoms with E-state index in [1.54, 1.807) is 0 Å². The number of rotatable bonds is 7. The number of esters is 1. The van der Waals surface area contributed by atoms with Crippen LogP contribution in [0.5, 0.6) is 0 Å². The number of carbonyl (C=O) groups is 2. The van der Waals surface area contributed by atoms with Gasteiger partial charge in [-0.15, -0.1) is 0 Å². The molecule has 1 fully saturated rings. The summed E-state index contributed by atoms with van der Waals surface area (Å²) in [6.45, 7) is 6.13. The van der Waals surface area contributed by atoms with Crippen LogP contribution in [0.3, 0.4) is 0 Å². The second-order valence-corrected chi connectivity index (χ2v) is 6.02. The summed E-state index contributed by atoms with van der Waals surface area (Å²) >= 11 is 0. The summed E-state index contributed by atoms with van der Waals surface area (Å²) in [4.78, 5) is 23.6. The first-order valence-corrected chi connectivity index (χ1v) is 7.60. The largest absolute Gasteiger partial charge is 0.467 e. The lowest BCUT2D eigenvalue weighted by Gasteiger charge is -2.23. The van der Waals surface area contributed by atoms with Crippen molar-refractivity contribution in [1.29, 1.82) is 0 Å². The molecule has 20 heavy (non-hydrogen) atoms. The van der Waals surface area contributed by atoms with Gasteiger partial charge in [0, 0.05) is 6.42 Å². The lowest BCUT2D eigenvalue weighted by atomic mass is 9.94. The van der Waals surface area contributed by atoms with Gasteiger partial charge >= 0.3 is 5.97 Å². The van der Waals surface area contributed by atoms with E-state index in [9.17, 15) is 9.59 Å². The number of hydrogen-bond acceptors (Lipinski definition) is 4. The molecule has 1 heterocycles. The smallest absolute Gasteiger partial charge is 0.328 e. The molecule has 0 spiro atoms. The van der Waals surface area contributed by atoms with Crippen molar-refractivity contribution in [2.24, 2.45) is 11.8 Å². The van der Waals surface area contributed by atoms with E-state index in [1.165, 1.54) is 20.0 Å². The molecule has 2 N–H and O–H groups in total. The molecular formula is C15H28N2O3. The van der Waals surface area contributed by atoms with Crippen LogP contribution in [0.1, 0.15) is 46.0 Å². The van der Waals surface area contributed by atoms with Gasteiger partial charge in [0.2, 0.25) is 5.91 Å². The third kappa shape index (κ3) is 6.37. The monoisotopic (exact) mass is 284 g/mol. The molecular weight excluding hydrogens is 256 g/mol. The highest BCUT2D eigenvalue weighted by atomic mass is 16.5. The standard InChI is InChI=1S/C15H28N2O3/c1-11(2)9-13(15(19)20-3)17-14(18)7-6-12-5-4-8-16-10-12/h11-13,16H,4-10H2,1-3H3,(H,17,18). The van der Waals surface area contributed by atoms with Crippen LogP contribution < -0.4 is 10.6 Å². The zero-order valence-corrected chi connectivity index (χ0v) is 12.9. The van der Waals surface area contributed by atoms with Crippen molar-refractivity contribution in [3.8, 4) is 0 Å². The van der Waals surface area contributed by atoms with E-state index in [0.29, 0.717) is 24.7 Å². The van der Waals surface area contributed by atoms with Gasteiger partial charge in [0.05, 0.1) is 7.11 Å². The van der Waals surface area contributed by atoms with Crippen LogP contribution in [-0.2, 0) is 14.3 Å². The summed E-state index contributed by atoms with van der Waals surface area (Å²) in [6, 6.07) is -0.517. The number of ether oxygens (including phenoxy) is 1. The number of hydrogen-bond donors (Lipinski definition) is 2. The maximum atomic E-state index is 12.0. The van der Waals surface area contributed by atoms with Gasteiger partial charge in [-0.1, -0.05) is 13.8 Å². The van der Waals surface area contributed by atoms with Gasteiger partial charge in [-0.2, -0.15) is 0 Å². The minimum Gasteiger partial charge on any atom is -0.467 e. The second-order valence-electron chi connectivity index (χ2n) is 6.02. The summed E-state index contributed by atoms with van der Waals surface area (Å²) in [5, 5.41) is 6.15. The van der Waals surface area contributed by atoms with Crippen molar-refractivity contribution in [2.75, 3.05) is 20.2 Å². The molecule has 5 heteroatoms. The lowest BCUT2D eigenvalue weighted by Crippen LogP contribution is -2.42. The van der Waals surface area contributed by atoms with Crippen molar-refractivity contribution in [1.82, 2.24) is 10.6 Å². The Morgan fingerprint density at radius 1 is 1.40 bits per heavy atom. The van der Waals surface area contributed by atoms with Crippen molar-refractivity contribution >= 4 is 11.9 Å². The maximum absolute atomic E-state index is 12.0. The minimum atomic E-state index is -0.517. The summed E-state index contributed by atoms with van der Waals surface area (Å²) in [5.41, 5.74) is 0. The Morgan fingerprint density at radius 2 is 2.15 bits per heavy atom. The highest BCUT2D eigenvalue weighted by Gasteiger charge is 2.23. The second kappa shape index (κ2) is 8.95. The molecule has 0 saturated carbocycles. The Labute approximate surface area is 121 Å². The first-order chi connectivity index (χ1) is 9.52. The number of methoxy groups -OCH3 is 1. The van der Waals surface area contributed by atoms with Gasteiger partial charge in [0.15, 0.2) is 0 Å². The van der Waals surface area contributed by atoms with Crippen molar-refractivity contribution in [3.63, 3.8) is 0 Å². The minimum absolute atomic E-state index is 0.0494. The Hall–Kier alpha value is -1.10. The first-order valence-electron chi connectivity index (χ1n) is 7.60. The molecule has 0 aromatic carbocycles. The van der Waals surface area contributed by atoms with Gasteiger partial charge in [-0.3, -0.25) is 4.79 Å². The maximum Gasteiger partial charge on any atom is 0.328 e. The average molecular weight is 284 g/mol. The quantitative estimate of drug-likeness (QED) is 0.695. The molecule has 2 atom stereocenters. The molecule has 1 aliphatic heterocycles. The summed E-state index contributed by atoms with van der Waals surface area (Å²) in [5.74, 6) is 0.510. The van der Waals surface area contributed by atoms with Crippen LogP contribution in [-0.4, -0.2) is 38.1 Å². The van der Waals surface area contributed by atoms with Gasteiger partial charge in [-0.05, 0) is 50.6 Å². The van der Waals surface area contributed by atoms with Crippen molar-refractivity contribution in [3.05, 3.63) is 0 Å². The summed E-state index contributed by atoms with van der Waals surface area (Å²) < 4.78 is 4.74. The SMILES string of the molecule is COC(=O)C(CC(C)C)NC(=O)CCC1CCCNC1. The van der Waals surface area contributed by atoms with E-state index in [1.807, 2.05) is 13.8 Å². The highest BCUT2D eigenvalue weighted by Crippen LogP contribution is 2.16. The molecule has 1 saturated heterocycles. The molecule has 0 radical (unpaired) electrons. The van der Waals surface area contributed by atoms with Gasteiger partial charge in [-0.25, -0.2) is 4.79 Å². The van der Waals surface area contributed by atoms with E-state index in [4.69, 9.17) is 4.74 Å². The zero-order chi connectivity index (χ0) is 15.0. The van der Waals surface area contributed by atoms with Gasteiger partial charge in [0.25, 0.3) is 0 Å². The van der Waals surface area contributed by atoms with E-state index in [-0.39, 0.29) is 11.9 Å². The molecule has 5 nitrogen and oxygen atoms in total. The zero-order valence-electron chi connectivity index (χ0n) is 12.9. The fourth-order valence-electron chi connectivity index (χ4n) is 2.60. The van der Waals surface area contributed by atoms with Crippen molar-refractivity contribution in [2.45, 2.75) is 52.0 Å². The number of amides is 1. The summed E-state index contributed by atoms with van der Waals surface area (Å²) in [7, 11) is 1.36. The van der Waals surface area contributed by atoms with E-state index in [2.05, 4.69) is 10.6 Å². The molecule has 0 aromatic rings. The topological polar surface area (TPSA) is 67.4 Å². The third-order valence-corrected chi connectivity index (χ3v) is 3.71. The average Bonchev–Trinajstić information content (AvgIpc) is 2.44. The van der Waals surface area contributed by atoms with Gasteiger partial charge < -0.3 is 15.4 Å². The summed E-state index contributed by atoms with van der Waals surface area (Å²) in [6.07, 6.45) is 4.35. The first kappa shape index (κ1) is 17.0. The molecule has 2 unspecified atom stereocenters. The Morgan fingerprint density at radius 3 is 2.70 bits per heavy atom. The molecule has 1 amide bonds. The fraction of sp³-hybridized carbons (Fsp3) is 0.867. The Kier molecular flexibility index (Phi) is 7.59. The number of nitrogens with one attached hydrogen (secondary N) is 2. The highest BCUT2D eigenvalue weighted by molar-refractivity contribution is 5.84. The molecule has 0 aromatic heterocycles. The van der Waals surface area contributed by atoms with Gasteiger partial charge in [0.1, 0.15) is 6.04 Å². The fourth-order valence-corrected chi connectivity index (χ4v) is 2.60. The van der Waals surface area contributed by atoms with E-state index < -0.39 is 6.04 Å². The molecule has 1 aliphatic rings. The number of carbonyl (C=O) groups excluding carboxylic acids is 2. The van der Waals surface area contributed by atoms with E-state index >= 15 is 0 Å².